The monoisotopic (exact) mass is 308 g/mol. The molecule has 2 rings (SSSR count). The highest BCUT2D eigenvalue weighted by atomic mass is 79.9. The summed E-state index contributed by atoms with van der Waals surface area (Å²) in [6.45, 7) is 3.68. The Balaban J connectivity index is 2.05. The molecule has 0 aliphatic carbocycles. The van der Waals surface area contributed by atoms with Crippen molar-refractivity contribution >= 4 is 21.8 Å². The fourth-order valence-electron chi connectivity index (χ4n) is 1.58. The van der Waals surface area contributed by atoms with Crippen molar-refractivity contribution in [1.82, 2.24) is 10.5 Å². The summed E-state index contributed by atoms with van der Waals surface area (Å²) < 4.78 is 5.88. The van der Waals surface area contributed by atoms with Gasteiger partial charge < -0.3 is 9.84 Å². The third-order valence-electron chi connectivity index (χ3n) is 2.58. The van der Waals surface area contributed by atoms with Crippen LogP contribution in [0.4, 0.5) is 0 Å². The number of carbonyl (C=O) groups is 1. The molecule has 0 radical (unpaired) electrons. The first-order chi connectivity index (χ1) is 8.56. The van der Waals surface area contributed by atoms with Crippen molar-refractivity contribution in [1.29, 1.82) is 0 Å². The lowest BCUT2D eigenvalue weighted by Crippen LogP contribution is -2.26. The number of carbonyl (C=O) groups excluding carboxylic acids is 1. The van der Waals surface area contributed by atoms with E-state index in [2.05, 4.69) is 26.4 Å². The second kappa shape index (κ2) is 5.35. The maximum Gasteiger partial charge on any atom is 0.273 e. The van der Waals surface area contributed by atoms with E-state index >= 15 is 0 Å². The highest BCUT2D eigenvalue weighted by Gasteiger charge is 2.14. The first-order valence-corrected chi connectivity index (χ1v) is 6.35. The molecule has 1 aromatic heterocycles. The first kappa shape index (κ1) is 12.8. The Morgan fingerprint density at radius 1 is 1.39 bits per heavy atom. The molecule has 1 N–H and O–H groups in total. The van der Waals surface area contributed by atoms with E-state index in [1.807, 2.05) is 31.2 Å². The topological polar surface area (TPSA) is 55.1 Å². The Labute approximate surface area is 113 Å². The minimum Gasteiger partial charge on any atom is -0.361 e. The van der Waals surface area contributed by atoms with Gasteiger partial charge in [0.15, 0.2) is 5.69 Å². The fraction of sp³-hybridized carbons (Fsp3) is 0.231. The van der Waals surface area contributed by atoms with Crippen LogP contribution in [0.15, 0.2) is 39.3 Å². The minimum absolute atomic E-state index is 0.0809. The van der Waals surface area contributed by atoms with Gasteiger partial charge >= 0.3 is 0 Å². The van der Waals surface area contributed by atoms with Crippen molar-refractivity contribution in [3.63, 3.8) is 0 Å². The van der Waals surface area contributed by atoms with Gasteiger partial charge in [0.25, 0.3) is 5.91 Å². The predicted octanol–water partition coefficient (Wildman–Crippen LogP) is 3.24. The summed E-state index contributed by atoms with van der Waals surface area (Å²) in [5.41, 5.74) is 1.34. The van der Waals surface area contributed by atoms with E-state index in [9.17, 15) is 4.79 Å². The maximum absolute atomic E-state index is 11.9. The number of nitrogens with one attached hydrogen (secondary N) is 1. The zero-order valence-electron chi connectivity index (χ0n) is 10.1. The van der Waals surface area contributed by atoms with E-state index < -0.39 is 0 Å². The van der Waals surface area contributed by atoms with Crippen LogP contribution < -0.4 is 5.32 Å². The van der Waals surface area contributed by atoms with Gasteiger partial charge in [-0.25, -0.2) is 0 Å². The number of benzene rings is 1. The SMILES string of the molecule is Cc1cc(C(=O)N[C@H](C)c2ccc(Br)cc2)no1. The molecule has 2 aromatic rings. The second-order valence-electron chi connectivity index (χ2n) is 4.07. The van der Waals surface area contributed by atoms with Crippen LogP contribution in [0, 0.1) is 6.92 Å². The van der Waals surface area contributed by atoms with Crippen LogP contribution in [-0.4, -0.2) is 11.1 Å². The summed E-state index contributed by atoms with van der Waals surface area (Å²) in [6.07, 6.45) is 0. The van der Waals surface area contributed by atoms with Crippen LogP contribution in [0.3, 0.4) is 0 Å². The van der Waals surface area contributed by atoms with Gasteiger partial charge in [0.1, 0.15) is 5.76 Å². The molecule has 0 bridgehead atoms. The second-order valence-corrected chi connectivity index (χ2v) is 4.99. The molecule has 0 saturated heterocycles. The summed E-state index contributed by atoms with van der Waals surface area (Å²) in [4.78, 5) is 11.9. The van der Waals surface area contributed by atoms with Crippen LogP contribution >= 0.6 is 15.9 Å². The molecule has 0 saturated carbocycles. The quantitative estimate of drug-likeness (QED) is 0.947. The average Bonchev–Trinajstić information content (AvgIpc) is 2.76. The average molecular weight is 309 g/mol. The normalized spacial score (nSPS) is 12.2. The molecule has 0 spiro atoms. The molecule has 0 aliphatic heterocycles. The summed E-state index contributed by atoms with van der Waals surface area (Å²) in [7, 11) is 0. The molecule has 0 unspecified atom stereocenters. The zero-order chi connectivity index (χ0) is 13.1. The fourth-order valence-corrected chi connectivity index (χ4v) is 1.84. The van der Waals surface area contributed by atoms with Gasteiger partial charge in [0.05, 0.1) is 6.04 Å². The smallest absolute Gasteiger partial charge is 0.273 e. The number of rotatable bonds is 3. The number of nitrogens with zero attached hydrogens (tertiary/aromatic N) is 1. The molecule has 5 heteroatoms. The van der Waals surface area contributed by atoms with E-state index in [-0.39, 0.29) is 11.9 Å². The van der Waals surface area contributed by atoms with Gasteiger partial charge in [-0.1, -0.05) is 33.2 Å². The van der Waals surface area contributed by atoms with Gasteiger partial charge in [-0.2, -0.15) is 0 Å². The van der Waals surface area contributed by atoms with Gasteiger partial charge in [0, 0.05) is 10.5 Å². The first-order valence-electron chi connectivity index (χ1n) is 5.56. The molecule has 1 heterocycles. The zero-order valence-corrected chi connectivity index (χ0v) is 11.7. The molecule has 94 valence electrons. The lowest BCUT2D eigenvalue weighted by atomic mass is 10.1. The molecule has 1 amide bonds. The highest BCUT2D eigenvalue weighted by molar-refractivity contribution is 9.10. The van der Waals surface area contributed by atoms with Crippen molar-refractivity contribution in [3.8, 4) is 0 Å². The highest BCUT2D eigenvalue weighted by Crippen LogP contribution is 2.17. The lowest BCUT2D eigenvalue weighted by molar-refractivity contribution is 0.0930. The number of hydrogen-bond acceptors (Lipinski definition) is 3. The van der Waals surface area contributed by atoms with Gasteiger partial charge in [0.2, 0.25) is 0 Å². The van der Waals surface area contributed by atoms with Gasteiger partial charge in [-0.05, 0) is 31.5 Å². The number of aromatic nitrogens is 1. The summed E-state index contributed by atoms with van der Waals surface area (Å²) in [5, 5.41) is 6.55. The summed E-state index contributed by atoms with van der Waals surface area (Å²) in [6, 6.07) is 9.34. The third-order valence-corrected chi connectivity index (χ3v) is 3.11. The Hall–Kier alpha value is -1.62. The molecular weight excluding hydrogens is 296 g/mol. The van der Waals surface area contributed by atoms with Crippen molar-refractivity contribution in [3.05, 3.63) is 51.8 Å². The van der Waals surface area contributed by atoms with Crippen molar-refractivity contribution < 1.29 is 9.32 Å². The van der Waals surface area contributed by atoms with Crippen LogP contribution in [0.1, 0.15) is 34.8 Å². The Bertz CT molecular complexity index is 548. The number of hydrogen-bond donors (Lipinski definition) is 1. The standard InChI is InChI=1S/C13H13BrN2O2/c1-8-7-12(16-18-8)13(17)15-9(2)10-3-5-11(14)6-4-10/h3-7,9H,1-2H3,(H,15,17)/t9-/m1/s1. The van der Waals surface area contributed by atoms with Crippen molar-refractivity contribution in [2.45, 2.75) is 19.9 Å². The number of aryl methyl sites for hydroxylation is 1. The minimum atomic E-state index is -0.234. The molecule has 0 aliphatic rings. The van der Waals surface area contributed by atoms with Crippen LogP contribution in [-0.2, 0) is 0 Å². The molecule has 1 aromatic carbocycles. The van der Waals surface area contributed by atoms with Crippen molar-refractivity contribution in [2.75, 3.05) is 0 Å². The van der Waals surface area contributed by atoms with E-state index in [1.165, 1.54) is 0 Å². The largest absolute Gasteiger partial charge is 0.361 e. The number of halogens is 1. The maximum atomic E-state index is 11.9. The summed E-state index contributed by atoms with van der Waals surface area (Å²) in [5.74, 6) is 0.388. The van der Waals surface area contributed by atoms with Crippen LogP contribution in [0.2, 0.25) is 0 Å². The lowest BCUT2D eigenvalue weighted by Gasteiger charge is -2.13. The van der Waals surface area contributed by atoms with Crippen LogP contribution in [0.25, 0.3) is 0 Å². The van der Waals surface area contributed by atoms with Gasteiger partial charge in [-0.3, -0.25) is 4.79 Å². The molecule has 18 heavy (non-hydrogen) atoms. The van der Waals surface area contributed by atoms with Gasteiger partial charge in [-0.15, -0.1) is 0 Å². The molecular formula is C13H13BrN2O2. The third kappa shape index (κ3) is 2.98. The van der Waals surface area contributed by atoms with E-state index in [1.54, 1.807) is 13.0 Å². The van der Waals surface area contributed by atoms with E-state index in [4.69, 9.17) is 4.52 Å². The van der Waals surface area contributed by atoms with E-state index in [0.29, 0.717) is 11.5 Å². The molecule has 0 fully saturated rings. The number of amides is 1. The van der Waals surface area contributed by atoms with E-state index in [0.717, 1.165) is 10.0 Å². The Morgan fingerprint density at radius 2 is 2.06 bits per heavy atom. The molecule has 1 atom stereocenters. The summed E-state index contributed by atoms with van der Waals surface area (Å²) >= 11 is 3.38. The Morgan fingerprint density at radius 3 is 2.61 bits per heavy atom. The molecule has 4 nitrogen and oxygen atoms in total. The van der Waals surface area contributed by atoms with Crippen molar-refractivity contribution in [2.24, 2.45) is 0 Å². The Kier molecular flexibility index (Phi) is 3.81. The predicted molar refractivity (Wildman–Crippen MR) is 71.3 cm³/mol. The van der Waals surface area contributed by atoms with Crippen LogP contribution in [0.5, 0.6) is 0 Å².